The van der Waals surface area contributed by atoms with Crippen molar-refractivity contribution in [2.45, 2.75) is 32.7 Å². The molecule has 0 spiro atoms. The van der Waals surface area contributed by atoms with Crippen molar-refractivity contribution in [3.8, 4) is 28.4 Å². The number of hydrogen-bond donors (Lipinski definition) is 2. The second-order valence-corrected chi connectivity index (χ2v) is 9.71. The van der Waals surface area contributed by atoms with Gasteiger partial charge in [-0.05, 0) is 41.0 Å². The fourth-order valence-electron chi connectivity index (χ4n) is 4.66. The van der Waals surface area contributed by atoms with Crippen LogP contribution in [0.25, 0.3) is 22.6 Å². The number of pyridine rings is 1. The van der Waals surface area contributed by atoms with Gasteiger partial charge in [0, 0.05) is 36.0 Å². The lowest BCUT2D eigenvalue weighted by Crippen LogP contribution is -2.25. The van der Waals surface area contributed by atoms with Gasteiger partial charge in [-0.1, -0.05) is 73.7 Å². The zero-order valence-corrected chi connectivity index (χ0v) is 23.2. The Morgan fingerprint density at radius 3 is 2.40 bits per heavy atom. The smallest absolute Gasteiger partial charge is 0.406 e. The highest BCUT2D eigenvalue weighted by Gasteiger charge is 2.31. The number of benzene rings is 3. The molecule has 0 saturated heterocycles. The van der Waals surface area contributed by atoms with E-state index in [1.807, 2.05) is 54.6 Å². The number of aromatic nitrogens is 5. The molecule has 220 valence electrons. The van der Waals surface area contributed by atoms with E-state index in [1.54, 1.807) is 18.2 Å². The van der Waals surface area contributed by atoms with Gasteiger partial charge < -0.3 is 15.0 Å². The highest BCUT2D eigenvalue weighted by atomic mass is 19.4. The summed E-state index contributed by atoms with van der Waals surface area (Å²) in [6, 6.07) is 26.4. The lowest BCUT2D eigenvalue weighted by atomic mass is 10.0. The Morgan fingerprint density at radius 1 is 0.930 bits per heavy atom. The van der Waals surface area contributed by atoms with E-state index in [-0.39, 0.29) is 12.2 Å². The zero-order chi connectivity index (χ0) is 30.2. The summed E-state index contributed by atoms with van der Waals surface area (Å²) in [5, 5.41) is 17.3. The summed E-state index contributed by atoms with van der Waals surface area (Å²) in [7, 11) is 0. The molecule has 0 aliphatic carbocycles. The molecule has 2 N–H and O–H groups in total. The molecule has 0 atom stereocenters. The first kappa shape index (κ1) is 29.2. The van der Waals surface area contributed by atoms with E-state index in [9.17, 15) is 18.0 Å². The van der Waals surface area contributed by atoms with E-state index >= 15 is 0 Å². The molecule has 43 heavy (non-hydrogen) atoms. The largest absolute Gasteiger partial charge is 0.573 e. The summed E-state index contributed by atoms with van der Waals surface area (Å²) in [5.74, 6) is 0.232. The Hall–Kier alpha value is -5.26. The molecule has 12 heteroatoms. The number of halogens is 3. The summed E-state index contributed by atoms with van der Waals surface area (Å²) in [6.45, 7) is 3.38. The van der Waals surface area contributed by atoms with Crippen molar-refractivity contribution < 1.29 is 22.7 Å². The van der Waals surface area contributed by atoms with Crippen LogP contribution in [0.3, 0.4) is 0 Å². The molecule has 0 unspecified atom stereocenters. The van der Waals surface area contributed by atoms with Gasteiger partial charge in [-0.25, -0.2) is 4.98 Å². The van der Waals surface area contributed by atoms with Crippen molar-refractivity contribution in [2.75, 3.05) is 16.8 Å². The summed E-state index contributed by atoms with van der Waals surface area (Å²) in [5.41, 5.74) is 3.95. The topological polar surface area (TPSA) is 109 Å². The Balaban J connectivity index is 1.49. The first-order valence-corrected chi connectivity index (χ1v) is 13.6. The van der Waals surface area contributed by atoms with Crippen molar-refractivity contribution in [2.24, 2.45) is 0 Å². The summed E-state index contributed by atoms with van der Waals surface area (Å²) >= 11 is 0. The number of tetrazole rings is 1. The third kappa shape index (κ3) is 7.94. The summed E-state index contributed by atoms with van der Waals surface area (Å²) < 4.78 is 42.1. The molecule has 0 aliphatic rings. The predicted molar refractivity (Wildman–Crippen MR) is 156 cm³/mol. The highest BCUT2D eigenvalue weighted by molar-refractivity contribution is 5.94. The van der Waals surface area contributed by atoms with Crippen molar-refractivity contribution in [3.05, 3.63) is 102 Å². The van der Waals surface area contributed by atoms with Crippen molar-refractivity contribution in [3.63, 3.8) is 0 Å². The number of H-pyrrole nitrogens is 1. The molecule has 9 nitrogen and oxygen atoms in total. The maximum absolute atomic E-state index is 13.1. The first-order chi connectivity index (χ1) is 20.8. The second-order valence-electron chi connectivity index (χ2n) is 9.71. The van der Waals surface area contributed by atoms with Gasteiger partial charge in [0.1, 0.15) is 11.6 Å². The van der Waals surface area contributed by atoms with Crippen molar-refractivity contribution in [1.29, 1.82) is 0 Å². The van der Waals surface area contributed by atoms with Crippen LogP contribution in [-0.2, 0) is 17.8 Å². The molecular weight excluding hydrogens is 559 g/mol. The van der Waals surface area contributed by atoms with Crippen molar-refractivity contribution in [1.82, 2.24) is 25.6 Å². The van der Waals surface area contributed by atoms with Crippen LogP contribution in [0.2, 0.25) is 0 Å². The number of nitrogens with one attached hydrogen (secondary N) is 2. The zero-order valence-electron chi connectivity index (χ0n) is 23.2. The number of rotatable bonds is 11. The van der Waals surface area contributed by atoms with Crippen LogP contribution >= 0.6 is 0 Å². The molecule has 1 amide bonds. The van der Waals surface area contributed by atoms with Gasteiger partial charge >= 0.3 is 6.36 Å². The van der Waals surface area contributed by atoms with E-state index in [0.717, 1.165) is 17.5 Å². The number of anilines is 2. The molecule has 5 rings (SSSR count). The normalized spacial score (nSPS) is 11.3. The van der Waals surface area contributed by atoms with E-state index in [0.29, 0.717) is 47.2 Å². The fraction of sp³-hybridized carbons (Fsp3) is 0.194. The molecular formula is C31H28F3N7O2. The van der Waals surface area contributed by atoms with Crippen LogP contribution in [0.15, 0.2) is 91.0 Å². The predicted octanol–water partition coefficient (Wildman–Crippen LogP) is 6.43. The monoisotopic (exact) mass is 587 g/mol. The number of ether oxygens (including phenoxy) is 1. The minimum atomic E-state index is -4.83. The van der Waals surface area contributed by atoms with Gasteiger partial charge in [0.05, 0.1) is 12.1 Å². The standard InChI is InChI=1S/C31H28F3N7O2/c1-2-15-41(20-21-9-4-3-5-10-21)28-19-23(35-29(42)17-22-11-8-12-24(16-22)43-31(32,33)34)18-27(36-28)25-13-6-7-14-26(25)30-37-39-40-38-30/h3-14,16,18-19H,2,15,17,20H2,1H3,(H,35,36,42)(H,37,38,39,40). The Morgan fingerprint density at radius 2 is 1.67 bits per heavy atom. The fourth-order valence-corrected chi connectivity index (χ4v) is 4.66. The van der Waals surface area contributed by atoms with E-state index in [4.69, 9.17) is 4.98 Å². The number of nitrogens with zero attached hydrogens (tertiary/aromatic N) is 5. The number of carbonyl (C=O) groups is 1. The lowest BCUT2D eigenvalue weighted by Gasteiger charge is -2.25. The highest BCUT2D eigenvalue weighted by Crippen LogP contribution is 2.33. The van der Waals surface area contributed by atoms with Crippen LogP contribution in [0.1, 0.15) is 24.5 Å². The number of amides is 1. The van der Waals surface area contributed by atoms with Gasteiger partial charge in [-0.3, -0.25) is 4.79 Å². The van der Waals surface area contributed by atoms with Crippen LogP contribution in [0, 0.1) is 0 Å². The maximum Gasteiger partial charge on any atom is 0.573 e. The number of alkyl halides is 3. The quantitative estimate of drug-likeness (QED) is 0.183. The van der Waals surface area contributed by atoms with Crippen molar-refractivity contribution >= 4 is 17.4 Å². The van der Waals surface area contributed by atoms with Crippen LogP contribution < -0.4 is 15.0 Å². The summed E-state index contributed by atoms with van der Waals surface area (Å²) in [6.07, 6.45) is -4.13. The SMILES string of the molecule is CCCN(Cc1ccccc1)c1cc(NC(=O)Cc2cccc(OC(F)(F)F)c2)cc(-c2ccccc2-c2nn[nH]n2)n1. The van der Waals surface area contributed by atoms with E-state index < -0.39 is 12.3 Å². The van der Waals surface area contributed by atoms with Crippen LogP contribution in [0.5, 0.6) is 5.75 Å². The number of aromatic amines is 1. The van der Waals surface area contributed by atoms with Gasteiger partial charge in [0.2, 0.25) is 11.7 Å². The average Bonchev–Trinajstić information content (AvgIpc) is 3.52. The Labute approximate surface area is 245 Å². The molecule has 0 fully saturated rings. The molecule has 5 aromatic rings. The third-order valence-electron chi connectivity index (χ3n) is 6.42. The lowest BCUT2D eigenvalue weighted by molar-refractivity contribution is -0.274. The number of hydrogen-bond acceptors (Lipinski definition) is 7. The maximum atomic E-state index is 13.1. The van der Waals surface area contributed by atoms with Gasteiger partial charge in [0.25, 0.3) is 0 Å². The van der Waals surface area contributed by atoms with Gasteiger partial charge in [0.15, 0.2) is 0 Å². The van der Waals surface area contributed by atoms with E-state index in [2.05, 4.69) is 42.5 Å². The van der Waals surface area contributed by atoms with Crippen LogP contribution in [0.4, 0.5) is 24.7 Å². The molecule has 0 aliphatic heterocycles. The van der Waals surface area contributed by atoms with E-state index in [1.165, 1.54) is 18.2 Å². The molecule has 3 aromatic carbocycles. The molecule has 0 bridgehead atoms. The van der Waals surface area contributed by atoms with Gasteiger partial charge in [-0.2, -0.15) is 5.21 Å². The molecule has 2 aromatic heterocycles. The molecule has 0 radical (unpaired) electrons. The summed E-state index contributed by atoms with van der Waals surface area (Å²) in [4.78, 5) is 20.3. The minimum Gasteiger partial charge on any atom is -0.406 e. The van der Waals surface area contributed by atoms with Gasteiger partial charge in [-0.15, -0.1) is 23.4 Å². The molecule has 2 heterocycles. The minimum absolute atomic E-state index is 0.163. The third-order valence-corrected chi connectivity index (χ3v) is 6.42. The average molecular weight is 588 g/mol. The number of carbonyl (C=O) groups excluding carboxylic acids is 1. The van der Waals surface area contributed by atoms with Crippen LogP contribution in [-0.4, -0.2) is 44.4 Å². The Kier molecular flexibility index (Phi) is 8.94. The Bertz CT molecular complexity index is 1660. The second kappa shape index (κ2) is 13.1. The first-order valence-electron chi connectivity index (χ1n) is 13.6. The molecule has 0 saturated carbocycles.